The van der Waals surface area contributed by atoms with Crippen molar-refractivity contribution >= 4 is 11.6 Å². The van der Waals surface area contributed by atoms with Gasteiger partial charge in [0.1, 0.15) is 0 Å². The average Bonchev–Trinajstić information content (AvgIpc) is 2.73. The molecule has 0 saturated heterocycles. The van der Waals surface area contributed by atoms with Gasteiger partial charge in [-0.15, -0.1) is 0 Å². The van der Waals surface area contributed by atoms with Crippen molar-refractivity contribution in [3.63, 3.8) is 0 Å². The average molecular weight is 245 g/mol. The van der Waals surface area contributed by atoms with Gasteiger partial charge in [-0.2, -0.15) is 0 Å². The molecule has 3 nitrogen and oxygen atoms in total. The molecule has 1 aromatic rings. The fraction of sp³-hybridized carbons (Fsp3) is 0.533. The predicted molar refractivity (Wildman–Crippen MR) is 78.0 cm³/mol. The van der Waals surface area contributed by atoms with Gasteiger partial charge in [-0.1, -0.05) is 38.8 Å². The molecule has 0 aliphatic carbocycles. The molecular weight excluding hydrogens is 222 g/mol. The minimum Gasteiger partial charge on any atom is -0.370 e. The summed E-state index contributed by atoms with van der Waals surface area (Å²) in [5, 5.41) is 0. The van der Waals surface area contributed by atoms with Crippen LogP contribution < -0.4 is 10.6 Å². The van der Waals surface area contributed by atoms with Crippen LogP contribution in [0.15, 0.2) is 29.3 Å². The molecule has 3 heteroatoms. The second kappa shape index (κ2) is 5.42. The van der Waals surface area contributed by atoms with Crippen LogP contribution in [-0.2, 0) is 0 Å². The van der Waals surface area contributed by atoms with Crippen LogP contribution in [0.2, 0.25) is 0 Å². The summed E-state index contributed by atoms with van der Waals surface area (Å²) in [6, 6.07) is 8.92. The van der Waals surface area contributed by atoms with E-state index in [4.69, 9.17) is 5.73 Å². The molecule has 0 bridgehead atoms. The fourth-order valence-corrected chi connectivity index (χ4v) is 2.81. The summed E-state index contributed by atoms with van der Waals surface area (Å²) in [5.74, 6) is 1.31. The van der Waals surface area contributed by atoms with Crippen LogP contribution >= 0.6 is 0 Å². The number of nitrogens with zero attached hydrogens (tertiary/aromatic N) is 2. The Labute approximate surface area is 110 Å². The summed E-state index contributed by atoms with van der Waals surface area (Å²) < 4.78 is 0. The fourth-order valence-electron chi connectivity index (χ4n) is 2.81. The van der Waals surface area contributed by atoms with Crippen molar-refractivity contribution in [2.45, 2.75) is 39.7 Å². The van der Waals surface area contributed by atoms with Crippen LogP contribution in [0, 0.1) is 12.8 Å². The van der Waals surface area contributed by atoms with E-state index in [0.717, 1.165) is 6.54 Å². The molecule has 0 fully saturated rings. The summed E-state index contributed by atoms with van der Waals surface area (Å²) in [6.07, 6.45) is 2.35. The van der Waals surface area contributed by atoms with Crippen LogP contribution in [-0.4, -0.2) is 18.5 Å². The summed E-state index contributed by atoms with van der Waals surface area (Å²) in [5.41, 5.74) is 8.51. The Morgan fingerprint density at radius 2 is 2.11 bits per heavy atom. The third-order valence-electron chi connectivity index (χ3n) is 3.89. The van der Waals surface area contributed by atoms with E-state index in [9.17, 15) is 0 Å². The number of anilines is 1. The molecule has 1 aliphatic rings. The molecule has 98 valence electrons. The van der Waals surface area contributed by atoms with E-state index in [-0.39, 0.29) is 0 Å². The summed E-state index contributed by atoms with van der Waals surface area (Å²) >= 11 is 0. The van der Waals surface area contributed by atoms with Crippen molar-refractivity contribution in [3.8, 4) is 0 Å². The van der Waals surface area contributed by atoms with Crippen molar-refractivity contribution in [1.29, 1.82) is 0 Å². The largest absolute Gasteiger partial charge is 0.370 e. The number of benzene rings is 1. The first-order valence-electron chi connectivity index (χ1n) is 6.83. The van der Waals surface area contributed by atoms with E-state index >= 15 is 0 Å². The van der Waals surface area contributed by atoms with E-state index in [0.29, 0.717) is 17.9 Å². The molecule has 1 atom stereocenters. The Morgan fingerprint density at radius 3 is 2.72 bits per heavy atom. The van der Waals surface area contributed by atoms with Gasteiger partial charge in [0.05, 0.1) is 12.6 Å². The molecule has 1 aromatic carbocycles. The molecule has 0 saturated carbocycles. The van der Waals surface area contributed by atoms with Gasteiger partial charge in [-0.3, -0.25) is 4.99 Å². The van der Waals surface area contributed by atoms with Crippen molar-refractivity contribution in [2.75, 3.05) is 11.4 Å². The molecule has 1 heterocycles. The third-order valence-corrected chi connectivity index (χ3v) is 3.89. The van der Waals surface area contributed by atoms with Crippen LogP contribution in [0.3, 0.4) is 0 Å². The van der Waals surface area contributed by atoms with Gasteiger partial charge in [0, 0.05) is 5.69 Å². The molecule has 2 N–H and O–H groups in total. The molecular formula is C15H23N3. The minimum atomic E-state index is 0.418. The molecule has 1 aliphatic heterocycles. The lowest BCUT2D eigenvalue weighted by molar-refractivity contribution is 0.412. The lowest BCUT2D eigenvalue weighted by Crippen LogP contribution is -2.44. The van der Waals surface area contributed by atoms with Gasteiger partial charge in [-0.05, 0) is 30.5 Å². The Bertz CT molecular complexity index is 435. The van der Waals surface area contributed by atoms with Crippen LogP contribution in [0.5, 0.6) is 0 Å². The first-order chi connectivity index (χ1) is 8.67. The monoisotopic (exact) mass is 245 g/mol. The molecule has 0 radical (unpaired) electrons. The first kappa shape index (κ1) is 12.9. The lowest BCUT2D eigenvalue weighted by Gasteiger charge is -2.31. The maximum atomic E-state index is 6.07. The Hall–Kier alpha value is -1.51. The highest BCUT2D eigenvalue weighted by molar-refractivity contribution is 5.97. The van der Waals surface area contributed by atoms with Crippen molar-refractivity contribution < 1.29 is 0 Å². The summed E-state index contributed by atoms with van der Waals surface area (Å²) in [4.78, 5) is 6.66. The second-order valence-corrected chi connectivity index (χ2v) is 5.05. The van der Waals surface area contributed by atoms with Gasteiger partial charge in [0.2, 0.25) is 0 Å². The molecule has 1 unspecified atom stereocenters. The van der Waals surface area contributed by atoms with E-state index < -0.39 is 0 Å². The van der Waals surface area contributed by atoms with Crippen molar-refractivity contribution in [2.24, 2.45) is 16.6 Å². The number of hydrogen-bond acceptors (Lipinski definition) is 3. The highest BCUT2D eigenvalue weighted by Crippen LogP contribution is 2.28. The highest BCUT2D eigenvalue weighted by atomic mass is 15.3. The summed E-state index contributed by atoms with van der Waals surface area (Å²) in [7, 11) is 0. The molecule has 18 heavy (non-hydrogen) atoms. The van der Waals surface area contributed by atoms with Crippen molar-refractivity contribution in [1.82, 2.24) is 0 Å². The normalized spacial score (nSPS) is 19.4. The van der Waals surface area contributed by atoms with E-state index in [1.165, 1.54) is 24.1 Å². The highest BCUT2D eigenvalue weighted by Gasteiger charge is 2.32. The SMILES string of the molecule is CCC(CC)C1CN=C(N)N1c1cccc(C)c1. The zero-order valence-electron chi connectivity index (χ0n) is 11.6. The van der Waals surface area contributed by atoms with Gasteiger partial charge in [0.15, 0.2) is 5.96 Å². The zero-order valence-corrected chi connectivity index (χ0v) is 11.6. The second-order valence-electron chi connectivity index (χ2n) is 5.05. The smallest absolute Gasteiger partial charge is 0.196 e. The predicted octanol–water partition coefficient (Wildman–Crippen LogP) is 2.93. The van der Waals surface area contributed by atoms with Gasteiger partial charge in [0.25, 0.3) is 0 Å². The van der Waals surface area contributed by atoms with Crippen LogP contribution in [0.4, 0.5) is 5.69 Å². The quantitative estimate of drug-likeness (QED) is 0.886. The minimum absolute atomic E-state index is 0.418. The maximum Gasteiger partial charge on any atom is 0.196 e. The number of hydrogen-bond donors (Lipinski definition) is 1. The van der Waals surface area contributed by atoms with Gasteiger partial charge >= 0.3 is 0 Å². The van der Waals surface area contributed by atoms with Gasteiger partial charge < -0.3 is 10.6 Å². The maximum absolute atomic E-state index is 6.07. The third kappa shape index (κ3) is 2.35. The van der Waals surface area contributed by atoms with E-state index in [2.05, 4.69) is 54.9 Å². The summed E-state index contributed by atoms with van der Waals surface area (Å²) in [6.45, 7) is 7.43. The zero-order chi connectivity index (χ0) is 13.1. The number of rotatable bonds is 4. The van der Waals surface area contributed by atoms with Crippen LogP contribution in [0.25, 0.3) is 0 Å². The number of aryl methyl sites for hydroxylation is 1. The van der Waals surface area contributed by atoms with E-state index in [1.54, 1.807) is 0 Å². The standard InChI is InChI=1S/C15H23N3/c1-4-12(5-2)14-10-17-15(16)18(14)13-8-6-7-11(3)9-13/h6-9,12,14H,4-5,10H2,1-3H3,(H2,16,17). The molecule has 0 spiro atoms. The lowest BCUT2D eigenvalue weighted by atomic mass is 9.93. The molecule has 0 aromatic heterocycles. The molecule has 2 rings (SSSR count). The first-order valence-corrected chi connectivity index (χ1v) is 6.83. The van der Waals surface area contributed by atoms with Gasteiger partial charge in [-0.25, -0.2) is 0 Å². The van der Waals surface area contributed by atoms with E-state index in [1.807, 2.05) is 0 Å². The molecule has 0 amide bonds. The van der Waals surface area contributed by atoms with Crippen molar-refractivity contribution in [3.05, 3.63) is 29.8 Å². The Morgan fingerprint density at radius 1 is 1.39 bits per heavy atom. The topological polar surface area (TPSA) is 41.6 Å². The van der Waals surface area contributed by atoms with Crippen LogP contribution in [0.1, 0.15) is 32.3 Å². The number of guanidine groups is 1. The number of aliphatic imine (C=N–C) groups is 1. The Kier molecular flexibility index (Phi) is 3.90. The number of nitrogens with two attached hydrogens (primary N) is 1. The Balaban J connectivity index is 2.30.